The second-order valence-corrected chi connectivity index (χ2v) is 9.26. The minimum atomic E-state index is -5.07. The highest BCUT2D eigenvalue weighted by Crippen LogP contribution is 2.45. The van der Waals surface area contributed by atoms with E-state index in [4.69, 9.17) is 47.6 Å². The average molecular weight is 525 g/mol. The number of hydrogen-bond donors (Lipinski definition) is 8. The third-order valence-electron chi connectivity index (χ3n) is 3.64. The maximum atomic E-state index is 11.2. The maximum absolute atomic E-state index is 11.2. The summed E-state index contributed by atoms with van der Waals surface area (Å²) in [6.07, 6.45) is -3.75. The number of fused-ring (bicyclic) bond motifs is 1. The van der Waals surface area contributed by atoms with Crippen molar-refractivity contribution in [1.82, 2.24) is 19.5 Å². The van der Waals surface area contributed by atoms with Gasteiger partial charge >= 0.3 is 26.0 Å². The molecule has 2 aromatic heterocycles. The number of aliphatic hydroxyl groups is 1. The van der Waals surface area contributed by atoms with Crippen molar-refractivity contribution >= 4 is 43.0 Å². The molecule has 3 heterocycles. The highest BCUT2D eigenvalue weighted by molar-refractivity contribution is 7.79. The molecule has 3 rings (SSSR count). The highest BCUT2D eigenvalue weighted by atomic mass is 32.3. The summed E-state index contributed by atoms with van der Waals surface area (Å²) in [7, 11) is -14.6. The van der Waals surface area contributed by atoms with Crippen molar-refractivity contribution in [2.24, 2.45) is 0 Å². The molecule has 1 aliphatic heterocycles. The van der Waals surface area contributed by atoms with Crippen LogP contribution in [0.5, 0.6) is 0 Å². The molecule has 0 aromatic carbocycles. The standard InChI is InChI=1S/C10H15N5O10P2.H2O4S/c11-8-5-9(13-2-12-8)15(3-14-5)10-6(16)7(25-27(20,21)22)4(24-10)1-23-26(17,18)19;1-5(2,3)4/h2-4,6-7,10,16H,1H2,(H2,11,12,13)(H2,17,18,19)(H2,20,21,22);(H2,1,2,3,4)/t4-,6-,7-,10-;/m1./s1. The monoisotopic (exact) mass is 525 g/mol. The molecular formula is C10H17N5O14P2S. The van der Waals surface area contributed by atoms with E-state index in [0.717, 1.165) is 6.33 Å². The zero-order valence-corrected chi connectivity index (χ0v) is 17.9. The minimum absolute atomic E-state index is 0.0515. The van der Waals surface area contributed by atoms with E-state index in [9.17, 15) is 14.2 Å². The summed E-state index contributed by atoms with van der Waals surface area (Å²) in [5.74, 6) is 0.0515. The van der Waals surface area contributed by atoms with E-state index in [1.165, 1.54) is 10.9 Å². The van der Waals surface area contributed by atoms with Gasteiger partial charge in [0, 0.05) is 0 Å². The van der Waals surface area contributed by atoms with Crippen LogP contribution in [0.2, 0.25) is 0 Å². The third-order valence-corrected chi connectivity index (χ3v) is 4.64. The Morgan fingerprint density at radius 3 is 2.25 bits per heavy atom. The zero-order chi connectivity index (χ0) is 24.5. The zero-order valence-electron chi connectivity index (χ0n) is 15.3. The largest absolute Gasteiger partial charge is 0.470 e. The molecule has 9 N–H and O–H groups in total. The first-order chi connectivity index (χ1) is 14.5. The van der Waals surface area contributed by atoms with Gasteiger partial charge in [-0.25, -0.2) is 24.1 Å². The molecule has 1 saturated heterocycles. The Bertz CT molecular complexity index is 1140. The van der Waals surface area contributed by atoms with Gasteiger partial charge in [0.25, 0.3) is 0 Å². The first-order valence-electron chi connectivity index (χ1n) is 7.87. The molecule has 0 unspecified atom stereocenters. The van der Waals surface area contributed by atoms with E-state index in [2.05, 4.69) is 24.0 Å². The fraction of sp³-hybridized carbons (Fsp3) is 0.500. The summed E-state index contributed by atoms with van der Waals surface area (Å²) in [5, 5.41) is 10.4. The molecule has 1 fully saturated rings. The van der Waals surface area contributed by atoms with E-state index in [1.807, 2.05) is 0 Å². The van der Waals surface area contributed by atoms with Crippen LogP contribution in [0.25, 0.3) is 11.2 Å². The van der Waals surface area contributed by atoms with Crippen LogP contribution in [0.3, 0.4) is 0 Å². The Morgan fingerprint density at radius 2 is 1.72 bits per heavy atom. The van der Waals surface area contributed by atoms with Crippen molar-refractivity contribution in [1.29, 1.82) is 0 Å². The predicted molar refractivity (Wildman–Crippen MR) is 98.7 cm³/mol. The van der Waals surface area contributed by atoms with Gasteiger partial charge in [-0.2, -0.15) is 8.42 Å². The normalized spacial score (nSPS) is 24.3. The van der Waals surface area contributed by atoms with Crippen LogP contribution in [0, 0.1) is 0 Å². The van der Waals surface area contributed by atoms with Crippen molar-refractivity contribution in [3.05, 3.63) is 12.7 Å². The summed E-state index contributed by atoms with van der Waals surface area (Å²) in [6.45, 7) is -0.813. The number of nitrogen functional groups attached to an aromatic ring is 1. The minimum Gasteiger partial charge on any atom is -0.386 e. The molecule has 0 spiro atoms. The number of imidazole rings is 1. The van der Waals surface area contributed by atoms with E-state index in [-0.39, 0.29) is 17.0 Å². The van der Waals surface area contributed by atoms with Crippen molar-refractivity contribution in [2.75, 3.05) is 12.3 Å². The Morgan fingerprint density at radius 1 is 1.12 bits per heavy atom. The lowest BCUT2D eigenvalue weighted by Crippen LogP contribution is -2.35. The number of nitrogens with two attached hydrogens (primary N) is 1. The molecular weight excluding hydrogens is 508 g/mol. The van der Waals surface area contributed by atoms with Crippen molar-refractivity contribution in [3.8, 4) is 0 Å². The highest BCUT2D eigenvalue weighted by Gasteiger charge is 2.49. The number of ether oxygens (including phenoxy) is 1. The molecule has 19 nitrogen and oxygen atoms in total. The maximum Gasteiger partial charge on any atom is 0.470 e. The molecule has 32 heavy (non-hydrogen) atoms. The number of rotatable bonds is 6. The Labute approximate surface area is 177 Å². The van der Waals surface area contributed by atoms with Crippen molar-refractivity contribution in [3.63, 3.8) is 0 Å². The van der Waals surface area contributed by atoms with Gasteiger partial charge in [0.2, 0.25) is 0 Å². The molecule has 2 aromatic rings. The molecule has 0 radical (unpaired) electrons. The molecule has 182 valence electrons. The smallest absolute Gasteiger partial charge is 0.386 e. The lowest BCUT2D eigenvalue weighted by Gasteiger charge is -2.20. The van der Waals surface area contributed by atoms with Crippen LogP contribution < -0.4 is 5.73 Å². The summed E-state index contributed by atoms with van der Waals surface area (Å²) in [5.41, 5.74) is 6.01. The van der Waals surface area contributed by atoms with E-state index >= 15 is 0 Å². The van der Waals surface area contributed by atoms with Gasteiger partial charge in [-0.05, 0) is 0 Å². The van der Waals surface area contributed by atoms with Crippen molar-refractivity contribution < 1.29 is 65.1 Å². The molecule has 4 atom stereocenters. The molecule has 1 aliphatic rings. The number of phosphoric ester groups is 2. The lowest BCUT2D eigenvalue weighted by atomic mass is 10.1. The Kier molecular flexibility index (Phi) is 8.06. The molecule has 22 heteroatoms. The number of hydrogen-bond acceptors (Lipinski definition) is 12. The van der Waals surface area contributed by atoms with E-state index < -0.39 is 57.2 Å². The lowest BCUT2D eigenvalue weighted by molar-refractivity contribution is -0.0502. The molecule has 0 saturated carbocycles. The third kappa shape index (κ3) is 7.74. The second kappa shape index (κ2) is 9.69. The van der Waals surface area contributed by atoms with Crippen LogP contribution in [0.1, 0.15) is 6.23 Å². The van der Waals surface area contributed by atoms with Gasteiger partial charge in [0.1, 0.15) is 30.2 Å². The van der Waals surface area contributed by atoms with Gasteiger partial charge in [-0.1, -0.05) is 0 Å². The topological polar surface area (TPSA) is 307 Å². The number of nitrogens with zero attached hydrogens (tertiary/aromatic N) is 4. The SMILES string of the molecule is Nc1ncnc2c1ncn2[C@@H]1O[C@H](COP(=O)(O)O)[C@@H](OP(=O)(O)O)[C@H]1O.O=S(=O)(O)O. The van der Waals surface area contributed by atoms with E-state index in [0.29, 0.717) is 0 Å². The summed E-state index contributed by atoms with van der Waals surface area (Å²) < 4.78 is 69.2. The van der Waals surface area contributed by atoms with Gasteiger partial charge in [0.05, 0.1) is 12.9 Å². The van der Waals surface area contributed by atoms with Crippen LogP contribution in [-0.2, 0) is 33.3 Å². The summed E-state index contributed by atoms with van der Waals surface area (Å²) in [4.78, 5) is 47.4. The Hall–Kier alpha value is -1.64. The van der Waals surface area contributed by atoms with Gasteiger partial charge in [-0.15, -0.1) is 0 Å². The first-order valence-corrected chi connectivity index (χ1v) is 12.3. The second-order valence-electron chi connectivity index (χ2n) is 5.93. The van der Waals surface area contributed by atoms with Gasteiger partial charge in [0.15, 0.2) is 17.7 Å². The summed E-state index contributed by atoms with van der Waals surface area (Å²) >= 11 is 0. The van der Waals surface area contributed by atoms with Crippen LogP contribution in [0.4, 0.5) is 5.82 Å². The quantitative estimate of drug-likeness (QED) is 0.144. The van der Waals surface area contributed by atoms with Crippen LogP contribution in [0.15, 0.2) is 12.7 Å². The van der Waals surface area contributed by atoms with Gasteiger partial charge in [-0.3, -0.25) is 22.7 Å². The molecule has 0 bridgehead atoms. The molecule has 0 amide bonds. The van der Waals surface area contributed by atoms with E-state index in [1.54, 1.807) is 0 Å². The summed E-state index contributed by atoms with van der Waals surface area (Å²) in [6, 6.07) is 0. The fourth-order valence-corrected chi connectivity index (χ4v) is 3.52. The number of anilines is 1. The van der Waals surface area contributed by atoms with Crippen molar-refractivity contribution in [2.45, 2.75) is 24.5 Å². The predicted octanol–water partition coefficient (Wildman–Crippen LogP) is -2.40. The Balaban J connectivity index is 0.000000654. The molecule has 0 aliphatic carbocycles. The van der Waals surface area contributed by atoms with Crippen LogP contribution >= 0.6 is 15.6 Å². The van der Waals surface area contributed by atoms with Gasteiger partial charge < -0.3 is 35.2 Å². The van der Waals surface area contributed by atoms with Crippen LogP contribution in [-0.4, -0.2) is 86.6 Å². The average Bonchev–Trinajstić information content (AvgIpc) is 3.13. The number of aromatic nitrogens is 4. The number of phosphoric acid groups is 2. The number of aliphatic hydroxyl groups excluding tert-OH is 1. The first kappa shape index (κ1) is 26.6. The fourth-order valence-electron chi connectivity index (χ4n) is 2.60.